The summed E-state index contributed by atoms with van der Waals surface area (Å²) in [5, 5.41) is 13.4. The van der Waals surface area contributed by atoms with Gasteiger partial charge in [0, 0.05) is 35.8 Å². The maximum absolute atomic E-state index is 14.2. The van der Waals surface area contributed by atoms with Gasteiger partial charge in [0.25, 0.3) is 5.91 Å². The number of nitrogens with one attached hydrogen (secondary N) is 1. The lowest BCUT2D eigenvalue weighted by Gasteiger charge is -2.45. The van der Waals surface area contributed by atoms with Crippen molar-refractivity contribution in [2.75, 3.05) is 6.54 Å². The summed E-state index contributed by atoms with van der Waals surface area (Å²) in [5.74, 6) is -1.19. The molecule has 3 aromatic rings. The normalized spacial score (nSPS) is 18.3. The number of amides is 2. The molecule has 2 amide bonds. The summed E-state index contributed by atoms with van der Waals surface area (Å²) >= 11 is 4.74. The van der Waals surface area contributed by atoms with Crippen LogP contribution < -0.4 is 5.32 Å². The lowest BCUT2D eigenvalue weighted by atomic mass is 9.71. The number of aliphatic carboxylic acids is 1. The van der Waals surface area contributed by atoms with E-state index >= 15 is 0 Å². The van der Waals surface area contributed by atoms with Gasteiger partial charge in [0.1, 0.15) is 11.6 Å². The van der Waals surface area contributed by atoms with Crippen molar-refractivity contribution in [1.29, 1.82) is 0 Å². The van der Waals surface area contributed by atoms with Crippen LogP contribution in [0.2, 0.25) is 0 Å². The van der Waals surface area contributed by atoms with Gasteiger partial charge in [-0.25, -0.2) is 14.8 Å². The monoisotopic (exact) mass is 640 g/mol. The third-order valence-electron chi connectivity index (χ3n) is 7.69. The fourth-order valence-electron chi connectivity index (χ4n) is 5.41. The average molecular weight is 642 g/mol. The van der Waals surface area contributed by atoms with Crippen LogP contribution in [0.3, 0.4) is 0 Å². The van der Waals surface area contributed by atoms with Gasteiger partial charge in [-0.15, -0.1) is 11.3 Å². The van der Waals surface area contributed by atoms with Crippen molar-refractivity contribution < 1.29 is 19.5 Å². The van der Waals surface area contributed by atoms with E-state index in [0.29, 0.717) is 30.1 Å². The van der Waals surface area contributed by atoms with Crippen LogP contribution in [-0.4, -0.2) is 55.9 Å². The molecule has 2 N–H and O–H groups in total. The first-order valence-electron chi connectivity index (χ1n) is 13.7. The number of carbonyl (C=O) groups is 3. The summed E-state index contributed by atoms with van der Waals surface area (Å²) in [6, 6.07) is 10.3. The molecule has 0 bridgehead atoms. The van der Waals surface area contributed by atoms with E-state index in [-0.39, 0.29) is 23.7 Å². The molecule has 2 aromatic heterocycles. The molecule has 2 atom stereocenters. The summed E-state index contributed by atoms with van der Waals surface area (Å²) < 4.78 is 0.782. The molecule has 8 nitrogen and oxygen atoms in total. The number of benzene rings is 1. The highest BCUT2D eigenvalue weighted by atomic mass is 79.9. The number of carbonyl (C=O) groups excluding carboxylic acids is 2. The van der Waals surface area contributed by atoms with Crippen molar-refractivity contribution in [2.24, 2.45) is 5.41 Å². The van der Waals surface area contributed by atoms with Gasteiger partial charge in [-0.2, -0.15) is 0 Å². The van der Waals surface area contributed by atoms with Gasteiger partial charge in [-0.3, -0.25) is 9.59 Å². The highest BCUT2D eigenvalue weighted by Crippen LogP contribution is 2.44. The summed E-state index contributed by atoms with van der Waals surface area (Å²) in [5.41, 5.74) is -0.540. The molecule has 3 heterocycles. The second-order valence-corrected chi connectivity index (χ2v) is 14.6. The minimum Gasteiger partial charge on any atom is -0.479 e. The third-order valence-corrected chi connectivity index (χ3v) is 9.61. The third kappa shape index (κ3) is 6.38. The van der Waals surface area contributed by atoms with Crippen LogP contribution in [0.4, 0.5) is 0 Å². The van der Waals surface area contributed by atoms with Crippen LogP contribution in [0, 0.1) is 5.41 Å². The Morgan fingerprint density at radius 1 is 1.05 bits per heavy atom. The molecule has 1 aliphatic heterocycles. The van der Waals surface area contributed by atoms with Gasteiger partial charge in [0.15, 0.2) is 5.82 Å². The second-order valence-electron chi connectivity index (χ2n) is 12.6. The predicted octanol–water partition coefficient (Wildman–Crippen LogP) is 6.10. The molecule has 1 aliphatic rings. The first-order chi connectivity index (χ1) is 19.1. The number of halogens is 1. The molecule has 0 radical (unpaired) electrons. The molecule has 41 heavy (non-hydrogen) atoms. The minimum atomic E-state index is -1.36. The maximum Gasteiger partial charge on any atom is 0.330 e. The number of aromatic nitrogens is 2. The van der Waals surface area contributed by atoms with Gasteiger partial charge < -0.3 is 15.3 Å². The number of nitrogens with zero attached hydrogens (tertiary/aromatic N) is 3. The van der Waals surface area contributed by atoms with Crippen molar-refractivity contribution in [2.45, 2.75) is 77.8 Å². The minimum absolute atomic E-state index is 0.109. The Labute approximate surface area is 253 Å². The predicted molar refractivity (Wildman–Crippen MR) is 164 cm³/mol. The van der Waals surface area contributed by atoms with E-state index < -0.39 is 23.0 Å². The van der Waals surface area contributed by atoms with E-state index in [1.807, 2.05) is 51.1 Å². The number of carboxylic acids is 1. The van der Waals surface area contributed by atoms with E-state index in [9.17, 15) is 19.5 Å². The SMILES string of the molecule is CC(C)(C)c1ccc(C(=O)NC(Cc2ccc(-c3ncc(Br)cn3)cc2)C(=O)N2CCCC2(C(=O)O)C(C)(C)C)s1. The molecule has 0 saturated carbocycles. The largest absolute Gasteiger partial charge is 0.479 e. The molecule has 10 heteroatoms. The molecule has 1 saturated heterocycles. The molecule has 4 rings (SSSR count). The van der Waals surface area contributed by atoms with Gasteiger partial charge in [0.2, 0.25) is 5.91 Å². The highest BCUT2D eigenvalue weighted by molar-refractivity contribution is 9.10. The van der Waals surface area contributed by atoms with Gasteiger partial charge >= 0.3 is 5.97 Å². The van der Waals surface area contributed by atoms with E-state index in [1.165, 1.54) is 16.2 Å². The Morgan fingerprint density at radius 3 is 2.22 bits per heavy atom. The van der Waals surface area contributed by atoms with Gasteiger partial charge in [-0.1, -0.05) is 65.8 Å². The Kier molecular flexibility index (Phi) is 8.76. The zero-order chi connectivity index (χ0) is 30.2. The smallest absolute Gasteiger partial charge is 0.330 e. The summed E-state index contributed by atoms with van der Waals surface area (Å²) in [6.07, 6.45) is 4.50. The van der Waals surface area contributed by atoms with Crippen molar-refractivity contribution in [3.05, 3.63) is 68.6 Å². The van der Waals surface area contributed by atoms with E-state index in [4.69, 9.17) is 0 Å². The van der Waals surface area contributed by atoms with Crippen LogP contribution in [0.25, 0.3) is 11.4 Å². The van der Waals surface area contributed by atoms with E-state index in [1.54, 1.807) is 18.5 Å². The van der Waals surface area contributed by atoms with Crippen molar-refractivity contribution in [1.82, 2.24) is 20.2 Å². The first-order valence-corrected chi connectivity index (χ1v) is 15.3. The van der Waals surface area contributed by atoms with E-state index in [0.717, 1.165) is 20.5 Å². The zero-order valence-corrected chi connectivity index (χ0v) is 26.7. The molecule has 0 aliphatic carbocycles. The lowest BCUT2D eigenvalue weighted by Crippen LogP contribution is -2.64. The fourth-order valence-corrected chi connectivity index (χ4v) is 6.58. The van der Waals surface area contributed by atoms with Crippen LogP contribution >= 0.6 is 27.3 Å². The van der Waals surface area contributed by atoms with E-state index in [2.05, 4.69) is 52.0 Å². The second kappa shape index (κ2) is 11.6. The van der Waals surface area contributed by atoms with Crippen molar-refractivity contribution >= 4 is 45.1 Å². The number of hydrogen-bond donors (Lipinski definition) is 2. The fraction of sp³-hybridized carbons (Fsp3) is 0.452. The molecular weight excluding hydrogens is 604 g/mol. The molecule has 2 unspecified atom stereocenters. The molecule has 218 valence electrons. The van der Waals surface area contributed by atoms with Crippen LogP contribution in [0.1, 0.15) is 74.5 Å². The van der Waals surface area contributed by atoms with Crippen molar-refractivity contribution in [3.63, 3.8) is 0 Å². The molecule has 1 fully saturated rings. The molecule has 0 spiro atoms. The number of carboxylic acid groups (broad SMARTS) is 1. The molecular formula is C31H37BrN4O4S. The lowest BCUT2D eigenvalue weighted by molar-refractivity contribution is -0.165. The van der Waals surface area contributed by atoms with Crippen LogP contribution in [0.15, 0.2) is 53.3 Å². The number of rotatable bonds is 7. The van der Waals surface area contributed by atoms with Gasteiger partial charge in [0.05, 0.1) is 9.35 Å². The highest BCUT2D eigenvalue weighted by Gasteiger charge is 2.58. The number of thiophene rings is 1. The Bertz CT molecular complexity index is 1420. The Morgan fingerprint density at radius 2 is 1.68 bits per heavy atom. The average Bonchev–Trinajstić information content (AvgIpc) is 3.57. The summed E-state index contributed by atoms with van der Waals surface area (Å²) in [6.45, 7) is 12.1. The van der Waals surface area contributed by atoms with Crippen molar-refractivity contribution in [3.8, 4) is 11.4 Å². The topological polar surface area (TPSA) is 112 Å². The van der Waals surface area contributed by atoms with Gasteiger partial charge in [-0.05, 0) is 57.3 Å². The summed E-state index contributed by atoms with van der Waals surface area (Å²) in [4.78, 5) is 52.1. The van der Waals surface area contributed by atoms with Crippen LogP contribution in [-0.2, 0) is 21.4 Å². The van der Waals surface area contributed by atoms with Crippen LogP contribution in [0.5, 0.6) is 0 Å². The molecule has 1 aromatic carbocycles. The number of likely N-dealkylation sites (tertiary alicyclic amines) is 1. The quantitative estimate of drug-likeness (QED) is 0.323. The summed E-state index contributed by atoms with van der Waals surface area (Å²) in [7, 11) is 0. The first kappa shape index (κ1) is 30.8. The maximum atomic E-state index is 14.2. The Hall–Kier alpha value is -3.11. The Balaban J connectivity index is 1.65. The standard InChI is InChI=1S/C31H37BrN4O4S/c1-29(2,3)24-13-12-23(41-24)26(37)35-22(27(38)36-15-7-14-31(36,28(39)40)30(4,5)6)16-19-8-10-20(11-9-19)25-33-17-21(32)18-34-25/h8-13,17-18,22H,7,14-16H2,1-6H3,(H,35,37)(H,39,40). The zero-order valence-electron chi connectivity index (χ0n) is 24.3. The number of hydrogen-bond acceptors (Lipinski definition) is 6.